The minimum absolute atomic E-state index is 0.221. The number of ether oxygens (including phenoxy) is 3. The van der Waals surface area contributed by atoms with E-state index < -0.39 is 5.97 Å². The van der Waals surface area contributed by atoms with Gasteiger partial charge in [0.15, 0.2) is 0 Å². The molecular formula is C32H38O6. The third-order valence-corrected chi connectivity index (χ3v) is 6.14. The number of rotatable bonds is 15. The summed E-state index contributed by atoms with van der Waals surface area (Å²) in [6, 6.07) is 20.5. The van der Waals surface area contributed by atoms with Crippen LogP contribution in [0.15, 0.2) is 66.7 Å². The van der Waals surface area contributed by atoms with Crippen LogP contribution in [0, 0.1) is 0 Å². The van der Waals surface area contributed by atoms with Crippen molar-refractivity contribution in [3.05, 3.63) is 72.3 Å². The van der Waals surface area contributed by atoms with E-state index in [1.807, 2.05) is 61.5 Å². The molecule has 38 heavy (non-hydrogen) atoms. The van der Waals surface area contributed by atoms with Crippen molar-refractivity contribution in [2.75, 3.05) is 13.2 Å². The normalized spacial score (nSPS) is 11.6. The Morgan fingerprint density at radius 3 is 2.00 bits per heavy atom. The van der Waals surface area contributed by atoms with E-state index in [2.05, 4.69) is 6.92 Å². The summed E-state index contributed by atoms with van der Waals surface area (Å²) < 4.78 is 17.0. The number of carbonyl (C=O) groups excluding carboxylic acids is 1. The van der Waals surface area contributed by atoms with Crippen LogP contribution in [-0.4, -0.2) is 36.4 Å². The van der Waals surface area contributed by atoms with Crippen molar-refractivity contribution >= 4 is 11.9 Å². The predicted molar refractivity (Wildman–Crippen MR) is 150 cm³/mol. The van der Waals surface area contributed by atoms with Crippen LogP contribution in [0.3, 0.4) is 0 Å². The molecule has 6 heteroatoms. The van der Waals surface area contributed by atoms with Crippen molar-refractivity contribution in [1.82, 2.24) is 0 Å². The first-order valence-electron chi connectivity index (χ1n) is 13.4. The van der Waals surface area contributed by atoms with Gasteiger partial charge in [0.25, 0.3) is 0 Å². The molecule has 0 bridgehead atoms. The maximum atomic E-state index is 11.7. The van der Waals surface area contributed by atoms with Gasteiger partial charge in [-0.15, -0.1) is 0 Å². The van der Waals surface area contributed by atoms with Gasteiger partial charge in [-0.05, 0) is 78.4 Å². The highest BCUT2D eigenvalue weighted by Gasteiger charge is 2.13. The Bertz CT molecular complexity index is 1170. The molecule has 0 aromatic heterocycles. The van der Waals surface area contributed by atoms with Gasteiger partial charge in [0.1, 0.15) is 24.2 Å². The van der Waals surface area contributed by atoms with Crippen molar-refractivity contribution in [1.29, 1.82) is 0 Å². The third kappa shape index (κ3) is 8.65. The van der Waals surface area contributed by atoms with Crippen LogP contribution in [0.4, 0.5) is 0 Å². The summed E-state index contributed by atoms with van der Waals surface area (Å²) in [5.74, 6) is 0.265. The van der Waals surface area contributed by atoms with E-state index in [-0.39, 0.29) is 24.2 Å². The molecule has 3 rings (SSSR count). The largest absolute Gasteiger partial charge is 0.494 e. The topological polar surface area (TPSA) is 82.1 Å². The molecule has 1 atom stereocenters. The van der Waals surface area contributed by atoms with Gasteiger partial charge in [-0.1, -0.05) is 63.4 Å². The van der Waals surface area contributed by atoms with Crippen LogP contribution in [0.2, 0.25) is 0 Å². The second-order valence-corrected chi connectivity index (χ2v) is 9.38. The molecule has 3 aromatic rings. The summed E-state index contributed by atoms with van der Waals surface area (Å²) in [5, 5.41) is 9.58. The van der Waals surface area contributed by atoms with E-state index in [1.165, 1.54) is 19.3 Å². The number of esters is 1. The van der Waals surface area contributed by atoms with Crippen LogP contribution < -0.4 is 9.47 Å². The highest BCUT2D eigenvalue weighted by Crippen LogP contribution is 2.35. The van der Waals surface area contributed by atoms with E-state index in [4.69, 9.17) is 14.2 Å². The van der Waals surface area contributed by atoms with Crippen LogP contribution in [0.5, 0.6) is 11.5 Å². The molecular weight excluding hydrogens is 480 g/mol. The molecule has 6 nitrogen and oxygen atoms in total. The molecule has 0 aliphatic heterocycles. The second-order valence-electron chi connectivity index (χ2n) is 9.38. The minimum atomic E-state index is -0.976. The molecule has 0 heterocycles. The van der Waals surface area contributed by atoms with E-state index >= 15 is 0 Å². The Morgan fingerprint density at radius 1 is 0.763 bits per heavy atom. The maximum Gasteiger partial charge on any atom is 0.335 e. The Morgan fingerprint density at radius 2 is 1.39 bits per heavy atom. The zero-order valence-electron chi connectivity index (χ0n) is 22.6. The van der Waals surface area contributed by atoms with Gasteiger partial charge in [0, 0.05) is 6.42 Å². The van der Waals surface area contributed by atoms with Gasteiger partial charge in [0.2, 0.25) is 0 Å². The van der Waals surface area contributed by atoms with E-state index in [9.17, 15) is 14.7 Å². The molecule has 0 aliphatic carbocycles. The molecule has 0 fully saturated rings. The number of aromatic carboxylic acids is 1. The lowest BCUT2D eigenvalue weighted by Crippen LogP contribution is -2.21. The molecule has 0 saturated heterocycles. The second kappa shape index (κ2) is 14.8. The van der Waals surface area contributed by atoms with Gasteiger partial charge < -0.3 is 19.3 Å². The van der Waals surface area contributed by atoms with Crippen LogP contribution in [0.25, 0.3) is 22.3 Å². The molecule has 0 radical (unpaired) electrons. The fourth-order valence-corrected chi connectivity index (χ4v) is 4.08. The molecule has 0 saturated carbocycles. The summed E-state index contributed by atoms with van der Waals surface area (Å²) in [6.07, 6.45) is 5.42. The molecule has 202 valence electrons. The van der Waals surface area contributed by atoms with Gasteiger partial charge in [0.05, 0.1) is 12.2 Å². The zero-order chi connectivity index (χ0) is 27.3. The number of carboxylic acids is 1. The van der Waals surface area contributed by atoms with Crippen LogP contribution in [-0.2, 0) is 9.53 Å². The van der Waals surface area contributed by atoms with Crippen LogP contribution in [0.1, 0.15) is 69.7 Å². The summed E-state index contributed by atoms with van der Waals surface area (Å²) in [7, 11) is 0. The first kappa shape index (κ1) is 28.8. The van der Waals surface area contributed by atoms with E-state index in [0.717, 1.165) is 40.8 Å². The fraction of sp³-hybridized carbons (Fsp3) is 0.375. The average molecular weight is 519 g/mol. The Balaban J connectivity index is 1.74. The number of hydrogen-bond donors (Lipinski definition) is 1. The first-order valence-corrected chi connectivity index (χ1v) is 13.4. The lowest BCUT2D eigenvalue weighted by atomic mass is 9.92. The quantitative estimate of drug-likeness (QED) is 0.163. The maximum absolute atomic E-state index is 11.7. The molecule has 1 N–H and O–H groups in total. The van der Waals surface area contributed by atoms with Gasteiger partial charge in [-0.25, -0.2) is 4.79 Å². The van der Waals surface area contributed by atoms with Crippen molar-refractivity contribution in [2.24, 2.45) is 0 Å². The number of hydrogen-bond acceptors (Lipinski definition) is 5. The monoisotopic (exact) mass is 518 g/mol. The number of benzene rings is 3. The Labute approximate surface area is 225 Å². The van der Waals surface area contributed by atoms with Gasteiger partial charge >= 0.3 is 11.9 Å². The standard InChI is InChI=1S/C32H38O6/c1-4-6-7-8-20-36-27-15-10-24(11-16-27)29-19-14-26(32(34)35)21-30(29)25-12-17-28(18-13-25)37-22-23(3)38-31(33)9-5-2/h10-19,21,23H,4-9,20,22H2,1-3H3,(H,34,35)/t23-/m0/s1. The highest BCUT2D eigenvalue weighted by atomic mass is 16.6. The lowest BCUT2D eigenvalue weighted by Gasteiger charge is -2.15. The van der Waals surface area contributed by atoms with Gasteiger partial charge in [-0.3, -0.25) is 4.79 Å². The SMILES string of the molecule is CCCCCCOc1ccc(-c2ccc(C(=O)O)cc2-c2ccc(OC[C@H](C)OC(=O)CCC)cc2)cc1. The lowest BCUT2D eigenvalue weighted by molar-refractivity contribution is -0.149. The highest BCUT2D eigenvalue weighted by molar-refractivity contribution is 5.93. The first-order chi connectivity index (χ1) is 18.4. The van der Waals surface area contributed by atoms with E-state index in [1.54, 1.807) is 19.1 Å². The molecule has 0 unspecified atom stereocenters. The Kier molecular flexibility index (Phi) is 11.2. The smallest absolute Gasteiger partial charge is 0.335 e. The van der Waals surface area contributed by atoms with Crippen LogP contribution >= 0.6 is 0 Å². The van der Waals surface area contributed by atoms with Crippen molar-refractivity contribution < 1.29 is 28.9 Å². The fourth-order valence-electron chi connectivity index (χ4n) is 4.08. The number of carboxylic acid groups (broad SMARTS) is 1. The summed E-state index contributed by atoms with van der Waals surface area (Å²) >= 11 is 0. The minimum Gasteiger partial charge on any atom is -0.494 e. The van der Waals surface area contributed by atoms with Gasteiger partial charge in [-0.2, -0.15) is 0 Å². The van der Waals surface area contributed by atoms with Crippen molar-refractivity contribution in [3.63, 3.8) is 0 Å². The molecule has 0 aliphatic rings. The summed E-state index contributed by atoms with van der Waals surface area (Å²) in [4.78, 5) is 23.4. The van der Waals surface area contributed by atoms with Crippen molar-refractivity contribution in [2.45, 2.75) is 65.4 Å². The van der Waals surface area contributed by atoms with Crippen molar-refractivity contribution in [3.8, 4) is 33.8 Å². The molecule has 0 amide bonds. The molecule has 0 spiro atoms. The zero-order valence-corrected chi connectivity index (χ0v) is 22.6. The average Bonchev–Trinajstić information content (AvgIpc) is 2.92. The summed E-state index contributed by atoms with van der Waals surface area (Å²) in [6.45, 7) is 6.87. The predicted octanol–water partition coefficient (Wildman–Crippen LogP) is 7.79. The van der Waals surface area contributed by atoms with E-state index in [0.29, 0.717) is 18.8 Å². The number of unbranched alkanes of at least 4 members (excludes halogenated alkanes) is 3. The summed E-state index contributed by atoms with van der Waals surface area (Å²) in [5.41, 5.74) is 3.80. The third-order valence-electron chi connectivity index (χ3n) is 6.14. The number of carbonyl (C=O) groups is 2. The Hall–Kier alpha value is -3.80. The molecule has 3 aromatic carbocycles.